The van der Waals surface area contributed by atoms with E-state index in [4.69, 9.17) is 0 Å². The van der Waals surface area contributed by atoms with E-state index in [0.717, 1.165) is 42.1 Å². The van der Waals surface area contributed by atoms with Gasteiger partial charge in [0.25, 0.3) is 0 Å². The maximum atomic E-state index is 12.6. The number of rotatable bonds is 3. The lowest BCUT2D eigenvalue weighted by Gasteiger charge is -2.35. The molecule has 2 aliphatic rings. The van der Waals surface area contributed by atoms with E-state index < -0.39 is 0 Å². The number of hydrogen-bond acceptors (Lipinski definition) is 1. The van der Waals surface area contributed by atoms with E-state index in [1.165, 1.54) is 50.5 Å². The number of hydrogen-bond donors (Lipinski definition) is 1. The van der Waals surface area contributed by atoms with Crippen LogP contribution in [0.1, 0.15) is 63.0 Å². The Labute approximate surface area is 153 Å². The lowest BCUT2D eigenvalue weighted by atomic mass is 9.77. The third-order valence-electron chi connectivity index (χ3n) is 6.55. The number of piperidine rings is 1. The highest BCUT2D eigenvalue weighted by Gasteiger charge is 2.27. The molecule has 3 heteroatoms. The average Bonchev–Trinajstić information content (AvgIpc) is 2.61. The third-order valence-corrected chi connectivity index (χ3v) is 6.55. The largest absolute Gasteiger partial charge is 0.325 e. The Bertz CT molecular complexity index is 582. The van der Waals surface area contributed by atoms with Crippen molar-refractivity contribution in [3.05, 3.63) is 29.3 Å². The summed E-state index contributed by atoms with van der Waals surface area (Å²) in [7, 11) is 0. The van der Waals surface area contributed by atoms with Crippen molar-refractivity contribution in [2.75, 3.05) is 18.4 Å². The van der Waals surface area contributed by atoms with Gasteiger partial charge in [-0.2, -0.15) is 0 Å². The molecule has 0 radical (unpaired) electrons. The standard InChI is InChI=1S/C22H34N2O/c1-16-7-9-19(10-8-16)15-20-11-13-24(14-12-20)22(25)23-21-6-4-5-17(2)18(21)3/h4-6,16,19-20H,7-15H2,1-3H3,(H,23,25). The van der Waals surface area contributed by atoms with Crippen molar-refractivity contribution in [3.63, 3.8) is 0 Å². The highest BCUT2D eigenvalue weighted by atomic mass is 16.2. The van der Waals surface area contributed by atoms with Crippen LogP contribution in [0.2, 0.25) is 0 Å². The van der Waals surface area contributed by atoms with Crippen LogP contribution in [0.3, 0.4) is 0 Å². The number of urea groups is 1. The number of anilines is 1. The second kappa shape index (κ2) is 8.25. The minimum Gasteiger partial charge on any atom is -0.325 e. The molecule has 2 amide bonds. The van der Waals surface area contributed by atoms with Crippen molar-refractivity contribution in [2.45, 2.75) is 65.7 Å². The summed E-state index contributed by atoms with van der Waals surface area (Å²) >= 11 is 0. The van der Waals surface area contributed by atoms with Gasteiger partial charge in [0.05, 0.1) is 0 Å². The van der Waals surface area contributed by atoms with E-state index in [1.807, 2.05) is 17.0 Å². The second-order valence-electron chi connectivity index (χ2n) is 8.47. The Hall–Kier alpha value is -1.51. The third kappa shape index (κ3) is 4.77. The van der Waals surface area contributed by atoms with Crippen molar-refractivity contribution in [1.82, 2.24) is 4.90 Å². The number of aryl methyl sites for hydroxylation is 1. The van der Waals surface area contributed by atoms with Crippen LogP contribution >= 0.6 is 0 Å². The van der Waals surface area contributed by atoms with Crippen molar-refractivity contribution in [3.8, 4) is 0 Å². The molecule has 0 unspecified atom stereocenters. The zero-order chi connectivity index (χ0) is 17.8. The Morgan fingerprint density at radius 2 is 1.68 bits per heavy atom. The molecule has 0 spiro atoms. The molecular weight excluding hydrogens is 308 g/mol. The summed E-state index contributed by atoms with van der Waals surface area (Å²) in [4.78, 5) is 14.6. The molecule has 2 fully saturated rings. The number of benzene rings is 1. The number of carbonyl (C=O) groups is 1. The minimum atomic E-state index is 0.0682. The van der Waals surface area contributed by atoms with Gasteiger partial charge in [-0.1, -0.05) is 44.7 Å². The molecule has 0 atom stereocenters. The van der Waals surface area contributed by atoms with Crippen molar-refractivity contribution >= 4 is 11.7 Å². The van der Waals surface area contributed by atoms with Gasteiger partial charge in [-0.05, 0) is 68.1 Å². The topological polar surface area (TPSA) is 32.3 Å². The lowest BCUT2D eigenvalue weighted by molar-refractivity contribution is 0.162. The van der Waals surface area contributed by atoms with Crippen LogP contribution in [0, 0.1) is 31.6 Å². The van der Waals surface area contributed by atoms with Gasteiger partial charge in [-0.3, -0.25) is 0 Å². The predicted octanol–water partition coefficient (Wildman–Crippen LogP) is 5.76. The van der Waals surface area contributed by atoms with Gasteiger partial charge in [-0.25, -0.2) is 4.79 Å². The summed E-state index contributed by atoms with van der Waals surface area (Å²) < 4.78 is 0. The molecule has 1 aromatic rings. The number of nitrogens with zero attached hydrogens (tertiary/aromatic N) is 1. The molecule has 0 aromatic heterocycles. The zero-order valence-electron chi connectivity index (χ0n) is 16.2. The van der Waals surface area contributed by atoms with Gasteiger partial charge in [0.15, 0.2) is 0 Å². The van der Waals surface area contributed by atoms with Gasteiger partial charge >= 0.3 is 6.03 Å². The number of carbonyl (C=O) groups excluding carboxylic acids is 1. The van der Waals surface area contributed by atoms with Gasteiger partial charge < -0.3 is 10.2 Å². The van der Waals surface area contributed by atoms with E-state index in [9.17, 15) is 4.79 Å². The molecule has 1 saturated carbocycles. The first-order valence-corrected chi connectivity index (χ1v) is 10.1. The zero-order valence-corrected chi connectivity index (χ0v) is 16.2. The van der Waals surface area contributed by atoms with Gasteiger partial charge in [0.1, 0.15) is 0 Å². The molecule has 1 N–H and O–H groups in total. The monoisotopic (exact) mass is 342 g/mol. The Balaban J connectivity index is 1.45. The summed E-state index contributed by atoms with van der Waals surface area (Å²) in [6, 6.07) is 6.16. The Morgan fingerprint density at radius 3 is 2.36 bits per heavy atom. The summed E-state index contributed by atoms with van der Waals surface area (Å²) in [5.41, 5.74) is 3.33. The quantitative estimate of drug-likeness (QED) is 0.743. The van der Waals surface area contributed by atoms with Crippen LogP contribution in [-0.4, -0.2) is 24.0 Å². The maximum absolute atomic E-state index is 12.6. The molecule has 0 bridgehead atoms. The summed E-state index contributed by atoms with van der Waals surface area (Å²) in [5.74, 6) is 2.70. The van der Waals surface area contributed by atoms with Gasteiger partial charge in [0.2, 0.25) is 0 Å². The smallest absolute Gasteiger partial charge is 0.321 e. The fourth-order valence-electron chi connectivity index (χ4n) is 4.49. The Morgan fingerprint density at radius 1 is 1.04 bits per heavy atom. The summed E-state index contributed by atoms with van der Waals surface area (Å²) in [6.45, 7) is 8.36. The first kappa shape index (κ1) is 18.3. The van der Waals surface area contributed by atoms with Crippen LogP contribution in [0.25, 0.3) is 0 Å². The van der Waals surface area contributed by atoms with Crippen molar-refractivity contribution < 1.29 is 4.79 Å². The first-order chi connectivity index (χ1) is 12.0. The predicted molar refractivity (Wildman–Crippen MR) is 105 cm³/mol. The minimum absolute atomic E-state index is 0.0682. The van der Waals surface area contributed by atoms with Crippen molar-refractivity contribution in [2.24, 2.45) is 17.8 Å². The number of likely N-dealkylation sites (tertiary alicyclic amines) is 1. The average molecular weight is 343 g/mol. The molecular formula is C22H34N2O. The molecule has 1 aliphatic heterocycles. The van der Waals surface area contributed by atoms with Crippen LogP contribution < -0.4 is 5.32 Å². The molecule has 138 valence electrons. The maximum Gasteiger partial charge on any atom is 0.321 e. The first-order valence-electron chi connectivity index (χ1n) is 10.1. The summed E-state index contributed by atoms with van der Waals surface area (Å²) in [6.07, 6.45) is 9.42. The summed E-state index contributed by atoms with van der Waals surface area (Å²) in [5, 5.41) is 3.11. The fraction of sp³-hybridized carbons (Fsp3) is 0.682. The van der Waals surface area contributed by atoms with Gasteiger partial charge in [-0.15, -0.1) is 0 Å². The van der Waals surface area contributed by atoms with Gasteiger partial charge in [0, 0.05) is 18.8 Å². The van der Waals surface area contributed by atoms with Crippen LogP contribution in [-0.2, 0) is 0 Å². The van der Waals surface area contributed by atoms with E-state index in [0.29, 0.717) is 0 Å². The highest BCUT2D eigenvalue weighted by Crippen LogP contribution is 2.35. The van der Waals surface area contributed by atoms with E-state index in [-0.39, 0.29) is 6.03 Å². The highest BCUT2D eigenvalue weighted by molar-refractivity contribution is 5.90. The Kier molecular flexibility index (Phi) is 6.03. The van der Waals surface area contributed by atoms with Crippen LogP contribution in [0.4, 0.5) is 10.5 Å². The fourth-order valence-corrected chi connectivity index (χ4v) is 4.49. The van der Waals surface area contributed by atoms with Crippen LogP contribution in [0.5, 0.6) is 0 Å². The molecule has 1 heterocycles. The van der Waals surface area contributed by atoms with Crippen molar-refractivity contribution in [1.29, 1.82) is 0 Å². The number of amides is 2. The molecule has 1 aliphatic carbocycles. The normalized spacial score (nSPS) is 25.0. The van der Waals surface area contributed by atoms with E-state index in [2.05, 4.69) is 32.2 Å². The second-order valence-corrected chi connectivity index (χ2v) is 8.47. The lowest BCUT2D eigenvalue weighted by Crippen LogP contribution is -2.41. The SMILES string of the molecule is Cc1cccc(NC(=O)N2CCC(CC3CCC(C)CC3)CC2)c1C. The molecule has 1 saturated heterocycles. The molecule has 3 nitrogen and oxygen atoms in total. The molecule has 25 heavy (non-hydrogen) atoms. The number of nitrogens with one attached hydrogen (secondary N) is 1. The molecule has 1 aromatic carbocycles. The van der Waals surface area contributed by atoms with E-state index >= 15 is 0 Å². The molecule has 3 rings (SSSR count). The van der Waals surface area contributed by atoms with Crippen LogP contribution in [0.15, 0.2) is 18.2 Å². The van der Waals surface area contributed by atoms with E-state index in [1.54, 1.807) is 0 Å².